The van der Waals surface area contributed by atoms with Crippen LogP contribution >= 0.6 is 0 Å². The van der Waals surface area contributed by atoms with E-state index in [-0.39, 0.29) is 18.5 Å². The number of hydrogen-bond donors (Lipinski definition) is 2. The lowest BCUT2D eigenvalue weighted by atomic mass is 10.2. The number of amides is 3. The smallest absolute Gasteiger partial charge is 0.319 e. The highest BCUT2D eigenvalue weighted by Crippen LogP contribution is 2.21. The zero-order chi connectivity index (χ0) is 17.8. The first kappa shape index (κ1) is 17.3. The van der Waals surface area contributed by atoms with Crippen LogP contribution in [0.15, 0.2) is 30.5 Å². The van der Waals surface area contributed by atoms with E-state index in [0.29, 0.717) is 5.92 Å². The van der Waals surface area contributed by atoms with Gasteiger partial charge in [0.05, 0.1) is 6.54 Å². The molecular formula is C19H26N4O2. The van der Waals surface area contributed by atoms with Gasteiger partial charge < -0.3 is 20.1 Å². The van der Waals surface area contributed by atoms with Crippen molar-refractivity contribution in [2.75, 3.05) is 25.0 Å². The van der Waals surface area contributed by atoms with Crippen molar-refractivity contribution in [3.63, 3.8) is 0 Å². The summed E-state index contributed by atoms with van der Waals surface area (Å²) in [6.07, 6.45) is 4.17. The van der Waals surface area contributed by atoms with E-state index in [2.05, 4.69) is 41.3 Å². The monoisotopic (exact) mass is 342 g/mol. The average Bonchev–Trinajstić information content (AvgIpc) is 3.22. The lowest BCUT2D eigenvalue weighted by molar-refractivity contribution is -0.128. The van der Waals surface area contributed by atoms with Crippen LogP contribution in [0.1, 0.15) is 26.7 Å². The Bertz CT molecular complexity index is 760. The van der Waals surface area contributed by atoms with Crippen LogP contribution in [0.3, 0.4) is 0 Å². The Kier molecular flexibility index (Phi) is 5.26. The predicted molar refractivity (Wildman–Crippen MR) is 99.6 cm³/mol. The Morgan fingerprint density at radius 1 is 1.16 bits per heavy atom. The number of anilines is 1. The minimum absolute atomic E-state index is 0.0196. The number of nitrogens with zero attached hydrogens (tertiary/aromatic N) is 2. The van der Waals surface area contributed by atoms with E-state index in [0.717, 1.165) is 49.1 Å². The van der Waals surface area contributed by atoms with Gasteiger partial charge in [-0.15, -0.1) is 0 Å². The standard InChI is InChI=1S/C19H26N4O2/c1-14(2)13-23-10-7-15-11-16(5-6-17(15)23)21-19(25)20-12-18(24)22-8-3-4-9-22/h5-7,10-11,14H,3-4,8-9,12-13H2,1-2H3,(H2,20,21,25). The fourth-order valence-electron chi connectivity index (χ4n) is 3.24. The molecule has 1 aliphatic rings. The number of nitrogens with one attached hydrogen (secondary N) is 2. The Balaban J connectivity index is 1.56. The van der Waals surface area contributed by atoms with Crippen LogP contribution in [0.25, 0.3) is 10.9 Å². The van der Waals surface area contributed by atoms with Gasteiger partial charge in [0.15, 0.2) is 0 Å². The summed E-state index contributed by atoms with van der Waals surface area (Å²) >= 11 is 0. The van der Waals surface area contributed by atoms with E-state index >= 15 is 0 Å². The molecular weight excluding hydrogens is 316 g/mol. The number of benzene rings is 1. The van der Waals surface area contributed by atoms with Crippen LogP contribution in [0.2, 0.25) is 0 Å². The normalized spacial score (nSPS) is 14.3. The second-order valence-corrected chi connectivity index (χ2v) is 7.03. The molecule has 1 fully saturated rings. The van der Waals surface area contributed by atoms with E-state index in [4.69, 9.17) is 0 Å². The fraction of sp³-hybridized carbons (Fsp3) is 0.474. The molecule has 1 aromatic heterocycles. The van der Waals surface area contributed by atoms with Crippen LogP contribution in [-0.4, -0.2) is 41.0 Å². The lowest BCUT2D eigenvalue weighted by Gasteiger charge is -2.15. The van der Waals surface area contributed by atoms with Gasteiger partial charge in [0.1, 0.15) is 0 Å². The van der Waals surface area contributed by atoms with E-state index < -0.39 is 0 Å². The second kappa shape index (κ2) is 7.59. The molecule has 3 amide bonds. The molecule has 1 saturated heterocycles. The van der Waals surface area contributed by atoms with Crippen molar-refractivity contribution < 1.29 is 9.59 Å². The maximum absolute atomic E-state index is 12.0. The van der Waals surface area contributed by atoms with E-state index in [1.807, 2.05) is 18.2 Å². The van der Waals surface area contributed by atoms with Gasteiger partial charge in [-0.2, -0.15) is 0 Å². The third-order valence-electron chi connectivity index (χ3n) is 4.45. The van der Waals surface area contributed by atoms with Crippen molar-refractivity contribution in [3.8, 4) is 0 Å². The molecule has 0 saturated carbocycles. The van der Waals surface area contributed by atoms with Crippen molar-refractivity contribution in [2.45, 2.75) is 33.2 Å². The van der Waals surface area contributed by atoms with Crippen molar-refractivity contribution in [2.24, 2.45) is 5.92 Å². The van der Waals surface area contributed by atoms with Gasteiger partial charge in [0, 0.05) is 42.4 Å². The number of urea groups is 1. The van der Waals surface area contributed by atoms with Gasteiger partial charge in [0.2, 0.25) is 5.91 Å². The first-order chi connectivity index (χ1) is 12.0. The fourth-order valence-corrected chi connectivity index (χ4v) is 3.24. The third-order valence-corrected chi connectivity index (χ3v) is 4.45. The minimum Gasteiger partial charge on any atom is -0.347 e. The number of likely N-dealkylation sites (tertiary alicyclic amines) is 1. The summed E-state index contributed by atoms with van der Waals surface area (Å²) in [5.74, 6) is 0.557. The number of aromatic nitrogens is 1. The van der Waals surface area contributed by atoms with Crippen molar-refractivity contribution in [1.29, 1.82) is 0 Å². The number of carbonyl (C=O) groups is 2. The Labute approximate surface area is 148 Å². The van der Waals surface area contributed by atoms with Gasteiger partial charge in [-0.25, -0.2) is 4.79 Å². The molecule has 134 valence electrons. The summed E-state index contributed by atoms with van der Waals surface area (Å²) in [4.78, 5) is 25.8. The number of fused-ring (bicyclic) bond motifs is 1. The van der Waals surface area contributed by atoms with Crippen LogP contribution in [0.5, 0.6) is 0 Å². The molecule has 1 aliphatic heterocycles. The maximum atomic E-state index is 12.0. The van der Waals surface area contributed by atoms with E-state index in [9.17, 15) is 9.59 Å². The molecule has 6 heteroatoms. The molecule has 0 aliphatic carbocycles. The minimum atomic E-state index is -0.353. The molecule has 2 aromatic rings. The van der Waals surface area contributed by atoms with Crippen molar-refractivity contribution in [3.05, 3.63) is 30.5 Å². The molecule has 6 nitrogen and oxygen atoms in total. The Morgan fingerprint density at radius 3 is 2.64 bits per heavy atom. The molecule has 0 unspecified atom stereocenters. The van der Waals surface area contributed by atoms with Gasteiger partial charge >= 0.3 is 6.03 Å². The number of hydrogen-bond acceptors (Lipinski definition) is 2. The van der Waals surface area contributed by atoms with Gasteiger partial charge in [-0.05, 0) is 43.0 Å². The Hall–Kier alpha value is -2.50. The number of carbonyl (C=O) groups excluding carboxylic acids is 2. The van der Waals surface area contributed by atoms with Crippen LogP contribution < -0.4 is 10.6 Å². The summed E-state index contributed by atoms with van der Waals surface area (Å²) in [7, 11) is 0. The quantitative estimate of drug-likeness (QED) is 0.877. The maximum Gasteiger partial charge on any atom is 0.319 e. The first-order valence-corrected chi connectivity index (χ1v) is 8.94. The molecule has 2 heterocycles. The third kappa shape index (κ3) is 4.32. The molecule has 2 N–H and O–H groups in total. The SMILES string of the molecule is CC(C)Cn1ccc2cc(NC(=O)NCC(=O)N3CCCC3)ccc21. The highest BCUT2D eigenvalue weighted by molar-refractivity contribution is 5.94. The highest BCUT2D eigenvalue weighted by Gasteiger charge is 2.18. The van der Waals surface area contributed by atoms with Gasteiger partial charge in [0.25, 0.3) is 0 Å². The summed E-state index contributed by atoms with van der Waals surface area (Å²) in [6.45, 7) is 6.98. The zero-order valence-corrected chi connectivity index (χ0v) is 14.9. The van der Waals surface area contributed by atoms with Crippen LogP contribution in [-0.2, 0) is 11.3 Å². The van der Waals surface area contributed by atoms with Crippen LogP contribution in [0, 0.1) is 5.92 Å². The predicted octanol–water partition coefficient (Wildman–Crippen LogP) is 3.04. The molecule has 1 aromatic carbocycles. The average molecular weight is 342 g/mol. The van der Waals surface area contributed by atoms with E-state index in [1.54, 1.807) is 4.90 Å². The molecule has 0 radical (unpaired) electrons. The summed E-state index contributed by atoms with van der Waals surface area (Å²) < 4.78 is 2.22. The lowest BCUT2D eigenvalue weighted by Crippen LogP contribution is -2.40. The summed E-state index contributed by atoms with van der Waals surface area (Å²) in [5.41, 5.74) is 1.88. The second-order valence-electron chi connectivity index (χ2n) is 7.03. The molecule has 0 atom stereocenters. The largest absolute Gasteiger partial charge is 0.347 e. The van der Waals surface area contributed by atoms with Gasteiger partial charge in [-0.3, -0.25) is 4.79 Å². The van der Waals surface area contributed by atoms with Gasteiger partial charge in [-0.1, -0.05) is 13.8 Å². The molecule has 0 spiro atoms. The summed E-state index contributed by atoms with van der Waals surface area (Å²) in [6, 6.07) is 7.56. The number of rotatable bonds is 5. The molecule has 3 rings (SSSR count). The van der Waals surface area contributed by atoms with E-state index in [1.165, 1.54) is 0 Å². The summed E-state index contributed by atoms with van der Waals surface area (Å²) in [5, 5.41) is 6.53. The Morgan fingerprint density at radius 2 is 1.92 bits per heavy atom. The zero-order valence-electron chi connectivity index (χ0n) is 14.9. The highest BCUT2D eigenvalue weighted by atomic mass is 16.2. The van der Waals surface area contributed by atoms with Crippen LogP contribution in [0.4, 0.5) is 10.5 Å². The van der Waals surface area contributed by atoms with Crippen molar-refractivity contribution >= 4 is 28.5 Å². The topological polar surface area (TPSA) is 66.4 Å². The molecule has 25 heavy (non-hydrogen) atoms. The molecule has 0 bridgehead atoms. The van der Waals surface area contributed by atoms with Crippen molar-refractivity contribution in [1.82, 2.24) is 14.8 Å². The first-order valence-electron chi connectivity index (χ1n) is 8.94.